The van der Waals surface area contributed by atoms with Gasteiger partial charge in [0, 0.05) is 43.7 Å². The van der Waals surface area contributed by atoms with E-state index in [-0.39, 0.29) is 48.5 Å². The van der Waals surface area contributed by atoms with Crippen LogP contribution in [0.3, 0.4) is 0 Å². The Morgan fingerprint density at radius 1 is 1.41 bits per heavy atom. The first-order chi connectivity index (χ1) is 16.3. The first-order valence-electron chi connectivity index (χ1n) is 12.4. The zero-order chi connectivity index (χ0) is 24.7. The maximum Gasteiger partial charge on any atom is 0.317 e. The summed E-state index contributed by atoms with van der Waals surface area (Å²) in [5.74, 6) is 6.06. The molecule has 3 atom stereocenters. The summed E-state index contributed by atoms with van der Waals surface area (Å²) in [6.45, 7) is 6.48. The molecule has 0 bridgehead atoms. The van der Waals surface area contributed by atoms with Crippen molar-refractivity contribution in [3.8, 4) is 17.7 Å². The Morgan fingerprint density at radius 3 is 2.82 bits per heavy atom. The normalized spacial score (nSPS) is 21.4. The van der Waals surface area contributed by atoms with Crippen LogP contribution in [0.2, 0.25) is 0 Å². The fourth-order valence-corrected chi connectivity index (χ4v) is 4.39. The third-order valence-corrected chi connectivity index (χ3v) is 6.61. The molecule has 3 rings (SSSR count). The smallest absolute Gasteiger partial charge is 0.317 e. The number of rotatable bonds is 6. The maximum atomic E-state index is 13.4. The summed E-state index contributed by atoms with van der Waals surface area (Å²) in [4.78, 5) is 33.9. The van der Waals surface area contributed by atoms with Crippen LogP contribution in [0.4, 0.5) is 4.79 Å². The van der Waals surface area contributed by atoms with Crippen molar-refractivity contribution in [2.75, 3.05) is 26.7 Å². The van der Waals surface area contributed by atoms with Crippen LogP contribution in [0.25, 0.3) is 0 Å². The van der Waals surface area contributed by atoms with Gasteiger partial charge in [-0.3, -0.25) is 4.79 Å². The van der Waals surface area contributed by atoms with Crippen molar-refractivity contribution in [3.05, 3.63) is 23.4 Å². The van der Waals surface area contributed by atoms with Crippen LogP contribution in [-0.4, -0.2) is 76.8 Å². The van der Waals surface area contributed by atoms with Crippen LogP contribution in [0.15, 0.2) is 12.3 Å². The van der Waals surface area contributed by atoms with E-state index in [0.29, 0.717) is 24.2 Å². The molecule has 0 spiro atoms. The fraction of sp³-hybridized carbons (Fsp3) is 0.654. The SMILES string of the molecule is CCCC#Cc1cnc2c(c1)C(=O)N([C@H](C)CO)C[C@@H](C)[C@@H](CN(C)C(=O)NC1CCCC1)O2. The molecule has 2 heterocycles. The second kappa shape index (κ2) is 12.1. The molecular weight excluding hydrogens is 432 g/mol. The standard InChI is InChI=1S/C26H38N4O4/c1-5-6-7-10-20-13-22-24(27-14-20)34-23(18(2)15-30(25(22)32)19(3)17-31)16-29(4)26(33)28-21-11-8-9-12-21/h13-14,18-19,21,23,31H,5-6,8-9,11-12,15-17H2,1-4H3,(H,28,33)/t18-,19-,23-/m1/s1. The average molecular weight is 471 g/mol. The Labute approximate surface area is 203 Å². The number of unbranched alkanes of at least 4 members (excludes halogenated alkanes) is 1. The Morgan fingerprint density at radius 2 is 2.15 bits per heavy atom. The number of fused-ring (bicyclic) bond motifs is 1. The van der Waals surface area contributed by atoms with Crippen molar-refractivity contribution in [3.63, 3.8) is 0 Å². The summed E-state index contributed by atoms with van der Waals surface area (Å²) in [5.41, 5.74) is 0.984. The fourth-order valence-electron chi connectivity index (χ4n) is 4.39. The molecule has 3 amide bonds. The van der Waals surface area contributed by atoms with Crippen molar-refractivity contribution in [2.45, 2.75) is 77.5 Å². The largest absolute Gasteiger partial charge is 0.472 e. The molecule has 1 aliphatic carbocycles. The minimum atomic E-state index is -0.371. The second-order valence-corrected chi connectivity index (χ2v) is 9.56. The predicted molar refractivity (Wildman–Crippen MR) is 131 cm³/mol. The van der Waals surface area contributed by atoms with Gasteiger partial charge in [-0.05, 0) is 32.3 Å². The monoisotopic (exact) mass is 470 g/mol. The predicted octanol–water partition coefficient (Wildman–Crippen LogP) is 3.04. The van der Waals surface area contributed by atoms with Gasteiger partial charge in [0.15, 0.2) is 0 Å². The number of nitrogens with zero attached hydrogens (tertiary/aromatic N) is 3. The van der Waals surface area contributed by atoms with E-state index in [4.69, 9.17) is 4.74 Å². The van der Waals surface area contributed by atoms with Gasteiger partial charge in [-0.25, -0.2) is 9.78 Å². The van der Waals surface area contributed by atoms with Crippen molar-refractivity contribution in [1.82, 2.24) is 20.1 Å². The first-order valence-corrected chi connectivity index (χ1v) is 12.4. The molecular formula is C26H38N4O4. The van der Waals surface area contributed by atoms with Crippen LogP contribution >= 0.6 is 0 Å². The van der Waals surface area contributed by atoms with E-state index in [9.17, 15) is 14.7 Å². The number of aliphatic hydroxyl groups is 1. The van der Waals surface area contributed by atoms with Gasteiger partial charge in [0.05, 0.1) is 19.2 Å². The number of ether oxygens (including phenoxy) is 1. The first kappa shape index (κ1) is 25.8. The third kappa shape index (κ3) is 6.41. The van der Waals surface area contributed by atoms with Gasteiger partial charge in [-0.2, -0.15) is 0 Å². The van der Waals surface area contributed by atoms with E-state index in [1.165, 1.54) is 0 Å². The van der Waals surface area contributed by atoms with Gasteiger partial charge in [0.25, 0.3) is 5.91 Å². The van der Waals surface area contributed by atoms with Crippen molar-refractivity contribution in [1.29, 1.82) is 0 Å². The molecule has 0 radical (unpaired) electrons. The number of hydrogen-bond acceptors (Lipinski definition) is 5. The van der Waals surface area contributed by atoms with Crippen LogP contribution in [0, 0.1) is 17.8 Å². The summed E-state index contributed by atoms with van der Waals surface area (Å²) >= 11 is 0. The molecule has 1 aromatic heterocycles. The second-order valence-electron chi connectivity index (χ2n) is 9.56. The van der Waals surface area contributed by atoms with Crippen molar-refractivity contribution < 1.29 is 19.4 Å². The molecule has 0 unspecified atom stereocenters. The Hall–Kier alpha value is -2.79. The van der Waals surface area contributed by atoms with Gasteiger partial charge in [0.2, 0.25) is 5.88 Å². The number of hydrogen-bond donors (Lipinski definition) is 2. The number of aromatic nitrogens is 1. The number of nitrogens with one attached hydrogen (secondary N) is 1. The molecule has 0 aromatic carbocycles. The number of pyridine rings is 1. The third-order valence-electron chi connectivity index (χ3n) is 6.61. The highest BCUT2D eigenvalue weighted by Gasteiger charge is 2.35. The zero-order valence-electron chi connectivity index (χ0n) is 20.8. The molecule has 1 saturated carbocycles. The van der Waals surface area contributed by atoms with Gasteiger partial charge in [0.1, 0.15) is 11.7 Å². The lowest BCUT2D eigenvalue weighted by Gasteiger charge is -2.37. The van der Waals surface area contributed by atoms with E-state index in [0.717, 1.165) is 38.5 Å². The number of carbonyl (C=O) groups excluding carboxylic acids is 2. The minimum Gasteiger partial charge on any atom is -0.472 e. The number of urea groups is 1. The lowest BCUT2D eigenvalue weighted by Crippen LogP contribution is -2.52. The molecule has 1 fully saturated rings. The molecule has 2 aliphatic rings. The number of amides is 3. The molecule has 8 heteroatoms. The van der Waals surface area contributed by atoms with Crippen LogP contribution in [0.1, 0.15) is 75.2 Å². The maximum absolute atomic E-state index is 13.4. The molecule has 1 aromatic rings. The molecule has 186 valence electrons. The van der Waals surface area contributed by atoms with Crippen LogP contribution < -0.4 is 10.1 Å². The van der Waals surface area contributed by atoms with Crippen molar-refractivity contribution >= 4 is 11.9 Å². The average Bonchev–Trinajstić information content (AvgIpc) is 3.34. The highest BCUT2D eigenvalue weighted by molar-refractivity contribution is 5.97. The Balaban J connectivity index is 1.85. The van der Waals surface area contributed by atoms with Gasteiger partial charge in [-0.15, -0.1) is 0 Å². The summed E-state index contributed by atoms with van der Waals surface area (Å²) < 4.78 is 6.26. The summed E-state index contributed by atoms with van der Waals surface area (Å²) in [6, 6.07) is 1.48. The van der Waals surface area contributed by atoms with Crippen molar-refractivity contribution in [2.24, 2.45) is 5.92 Å². The number of carbonyl (C=O) groups is 2. The summed E-state index contributed by atoms with van der Waals surface area (Å²) in [5, 5.41) is 12.9. The highest BCUT2D eigenvalue weighted by Crippen LogP contribution is 2.27. The highest BCUT2D eigenvalue weighted by atomic mass is 16.5. The molecule has 0 saturated heterocycles. The lowest BCUT2D eigenvalue weighted by atomic mass is 10.00. The molecule has 1 aliphatic heterocycles. The van der Waals surface area contributed by atoms with Gasteiger partial charge >= 0.3 is 6.03 Å². The van der Waals surface area contributed by atoms with Crippen LogP contribution in [-0.2, 0) is 0 Å². The summed E-state index contributed by atoms with van der Waals surface area (Å²) in [7, 11) is 1.76. The quantitative estimate of drug-likeness (QED) is 0.623. The molecule has 8 nitrogen and oxygen atoms in total. The Kier molecular flexibility index (Phi) is 9.17. The minimum absolute atomic E-state index is 0.0846. The topological polar surface area (TPSA) is 95.0 Å². The number of aliphatic hydroxyl groups excluding tert-OH is 1. The van der Waals surface area contributed by atoms with E-state index < -0.39 is 0 Å². The van der Waals surface area contributed by atoms with Gasteiger partial charge in [-0.1, -0.05) is 38.5 Å². The molecule has 2 N–H and O–H groups in total. The van der Waals surface area contributed by atoms with E-state index >= 15 is 0 Å². The summed E-state index contributed by atoms with van der Waals surface area (Å²) in [6.07, 6.45) is 7.31. The Bertz CT molecular complexity index is 919. The van der Waals surface area contributed by atoms with E-state index in [2.05, 4.69) is 29.1 Å². The number of likely N-dealkylation sites (N-methyl/N-ethyl adjacent to an activating group) is 1. The lowest BCUT2D eigenvalue weighted by molar-refractivity contribution is 0.0351. The van der Waals surface area contributed by atoms with E-state index in [1.807, 2.05) is 13.8 Å². The van der Waals surface area contributed by atoms with Crippen LogP contribution in [0.5, 0.6) is 5.88 Å². The van der Waals surface area contributed by atoms with Gasteiger partial charge < -0.3 is 25.0 Å². The van der Waals surface area contributed by atoms with E-state index in [1.54, 1.807) is 29.1 Å². The zero-order valence-corrected chi connectivity index (χ0v) is 20.8. The molecule has 34 heavy (non-hydrogen) atoms.